The normalized spacial score (nSPS) is 16.4. The predicted molar refractivity (Wildman–Crippen MR) is 107 cm³/mol. The highest BCUT2D eigenvalue weighted by Gasteiger charge is 2.30. The SMILES string of the molecule is Cc1nc2sc3c(NCCN(C)C)ncnc3c2c2c1COC(C)(C)C2. The van der Waals surface area contributed by atoms with Crippen LogP contribution in [-0.2, 0) is 17.8 Å². The average Bonchev–Trinajstić information content (AvgIpc) is 2.92. The smallest absolute Gasteiger partial charge is 0.147 e. The second kappa shape index (κ2) is 6.40. The molecule has 0 spiro atoms. The van der Waals surface area contributed by atoms with Crippen molar-refractivity contribution in [1.29, 1.82) is 0 Å². The molecule has 6 nitrogen and oxygen atoms in total. The molecule has 0 aliphatic carbocycles. The van der Waals surface area contributed by atoms with Crippen LogP contribution in [0.4, 0.5) is 5.82 Å². The van der Waals surface area contributed by atoms with Crippen LogP contribution in [0.15, 0.2) is 6.33 Å². The van der Waals surface area contributed by atoms with Crippen LogP contribution in [0.1, 0.15) is 30.7 Å². The fraction of sp³-hybridized carbons (Fsp3) is 0.526. The third-order valence-corrected chi connectivity index (χ3v) is 5.97. The van der Waals surface area contributed by atoms with Gasteiger partial charge in [0.25, 0.3) is 0 Å². The minimum Gasteiger partial charge on any atom is -0.370 e. The van der Waals surface area contributed by atoms with Gasteiger partial charge in [-0.2, -0.15) is 0 Å². The van der Waals surface area contributed by atoms with Gasteiger partial charge in [-0.1, -0.05) is 0 Å². The molecular weight excluding hydrogens is 346 g/mol. The van der Waals surface area contributed by atoms with Crippen molar-refractivity contribution in [2.75, 3.05) is 32.5 Å². The van der Waals surface area contributed by atoms with E-state index in [0.717, 1.165) is 46.1 Å². The maximum absolute atomic E-state index is 6.02. The van der Waals surface area contributed by atoms with Crippen molar-refractivity contribution in [1.82, 2.24) is 19.9 Å². The number of likely N-dealkylation sites (N-methyl/N-ethyl adjacent to an activating group) is 1. The van der Waals surface area contributed by atoms with E-state index in [1.165, 1.54) is 16.5 Å². The van der Waals surface area contributed by atoms with E-state index >= 15 is 0 Å². The molecule has 0 amide bonds. The highest BCUT2D eigenvalue weighted by Crippen LogP contribution is 2.41. The van der Waals surface area contributed by atoms with E-state index in [1.54, 1.807) is 17.7 Å². The number of pyridine rings is 1. The van der Waals surface area contributed by atoms with E-state index < -0.39 is 0 Å². The molecule has 0 aromatic carbocycles. The molecule has 0 radical (unpaired) electrons. The number of nitrogens with one attached hydrogen (secondary N) is 1. The van der Waals surface area contributed by atoms with Crippen molar-refractivity contribution in [3.8, 4) is 0 Å². The summed E-state index contributed by atoms with van der Waals surface area (Å²) in [6.07, 6.45) is 2.53. The Bertz CT molecular complexity index is 979. The zero-order valence-electron chi connectivity index (χ0n) is 16.0. The van der Waals surface area contributed by atoms with Crippen LogP contribution in [0.3, 0.4) is 0 Å². The first kappa shape index (κ1) is 17.6. The van der Waals surface area contributed by atoms with Gasteiger partial charge >= 0.3 is 0 Å². The molecule has 4 heterocycles. The van der Waals surface area contributed by atoms with Crippen LogP contribution < -0.4 is 5.32 Å². The maximum Gasteiger partial charge on any atom is 0.147 e. The van der Waals surface area contributed by atoms with Crippen molar-refractivity contribution >= 4 is 37.6 Å². The minimum atomic E-state index is -0.165. The zero-order valence-corrected chi connectivity index (χ0v) is 16.8. The van der Waals surface area contributed by atoms with Gasteiger partial charge in [-0.3, -0.25) is 0 Å². The van der Waals surface area contributed by atoms with Crippen LogP contribution in [0.5, 0.6) is 0 Å². The van der Waals surface area contributed by atoms with Crippen molar-refractivity contribution in [2.45, 2.75) is 39.4 Å². The third kappa shape index (κ3) is 3.04. The van der Waals surface area contributed by atoms with Gasteiger partial charge in [0.05, 0.1) is 22.4 Å². The summed E-state index contributed by atoms with van der Waals surface area (Å²) >= 11 is 1.68. The summed E-state index contributed by atoms with van der Waals surface area (Å²) < 4.78 is 7.11. The van der Waals surface area contributed by atoms with Crippen molar-refractivity contribution in [2.24, 2.45) is 0 Å². The second-order valence-corrected chi connectivity index (χ2v) is 8.79. The Morgan fingerprint density at radius 3 is 2.85 bits per heavy atom. The van der Waals surface area contributed by atoms with Gasteiger partial charge in [0, 0.05) is 36.2 Å². The lowest BCUT2D eigenvalue weighted by atomic mass is 9.89. The molecule has 0 unspecified atom stereocenters. The van der Waals surface area contributed by atoms with E-state index in [2.05, 4.69) is 55.1 Å². The van der Waals surface area contributed by atoms with Crippen LogP contribution >= 0.6 is 11.3 Å². The molecule has 1 aliphatic rings. The van der Waals surface area contributed by atoms with Crippen LogP contribution in [0.2, 0.25) is 0 Å². The summed E-state index contributed by atoms with van der Waals surface area (Å²) in [5, 5.41) is 4.64. The Kier molecular flexibility index (Phi) is 4.33. The molecule has 0 saturated heterocycles. The Balaban J connectivity index is 1.87. The molecule has 1 aliphatic heterocycles. The number of anilines is 1. The average molecular weight is 372 g/mol. The van der Waals surface area contributed by atoms with Gasteiger partial charge in [-0.15, -0.1) is 11.3 Å². The number of nitrogens with zero attached hydrogens (tertiary/aromatic N) is 4. The minimum absolute atomic E-state index is 0.165. The number of ether oxygens (including phenoxy) is 1. The first-order chi connectivity index (χ1) is 12.4. The van der Waals surface area contributed by atoms with Crippen LogP contribution in [-0.4, -0.2) is 52.6 Å². The standard InChI is InChI=1S/C19H25N5OS/c1-11-13-9-25-19(2,3)8-12(13)14-15-16(26-18(14)23-11)17(22-10-21-15)20-6-7-24(4)5/h10H,6-9H2,1-5H3,(H,20,21,22). The first-order valence-electron chi connectivity index (χ1n) is 8.94. The molecule has 0 bridgehead atoms. The van der Waals surface area contributed by atoms with E-state index in [0.29, 0.717) is 6.61 Å². The molecule has 1 N–H and O–H groups in total. The van der Waals surface area contributed by atoms with E-state index in [-0.39, 0.29) is 5.60 Å². The summed E-state index contributed by atoms with van der Waals surface area (Å²) in [7, 11) is 4.14. The Morgan fingerprint density at radius 1 is 1.27 bits per heavy atom. The number of aromatic nitrogens is 3. The number of fused-ring (bicyclic) bond motifs is 5. The lowest BCUT2D eigenvalue weighted by Gasteiger charge is -2.32. The quantitative estimate of drug-likeness (QED) is 0.759. The predicted octanol–water partition coefficient (Wildman–Crippen LogP) is 3.37. The van der Waals surface area contributed by atoms with Crippen LogP contribution in [0, 0.1) is 6.92 Å². The van der Waals surface area contributed by atoms with Gasteiger partial charge in [0.1, 0.15) is 17.0 Å². The summed E-state index contributed by atoms with van der Waals surface area (Å²) in [6.45, 7) is 8.79. The molecule has 3 aromatic heterocycles. The summed E-state index contributed by atoms with van der Waals surface area (Å²) in [5.74, 6) is 0.901. The molecule has 0 fully saturated rings. The van der Waals surface area contributed by atoms with E-state index in [1.807, 2.05) is 0 Å². The molecule has 0 atom stereocenters. The van der Waals surface area contributed by atoms with E-state index in [9.17, 15) is 0 Å². The van der Waals surface area contributed by atoms with Crippen molar-refractivity contribution in [3.05, 3.63) is 23.1 Å². The summed E-state index contributed by atoms with van der Waals surface area (Å²) in [6, 6.07) is 0. The monoisotopic (exact) mass is 371 g/mol. The number of rotatable bonds is 4. The lowest BCUT2D eigenvalue weighted by Crippen LogP contribution is -2.32. The topological polar surface area (TPSA) is 63.2 Å². The molecule has 138 valence electrons. The van der Waals surface area contributed by atoms with Crippen molar-refractivity contribution < 1.29 is 4.74 Å². The van der Waals surface area contributed by atoms with Gasteiger partial charge in [-0.25, -0.2) is 15.0 Å². The highest BCUT2D eigenvalue weighted by atomic mass is 32.1. The molecule has 4 rings (SSSR count). The number of thiophene rings is 1. The number of hydrogen-bond acceptors (Lipinski definition) is 7. The largest absolute Gasteiger partial charge is 0.370 e. The molecule has 7 heteroatoms. The van der Waals surface area contributed by atoms with Gasteiger partial charge in [0.2, 0.25) is 0 Å². The van der Waals surface area contributed by atoms with Gasteiger partial charge in [0.15, 0.2) is 0 Å². The highest BCUT2D eigenvalue weighted by molar-refractivity contribution is 7.26. The molecule has 0 saturated carbocycles. The second-order valence-electron chi connectivity index (χ2n) is 7.79. The molecular formula is C19H25N5OS. The van der Waals surface area contributed by atoms with Gasteiger partial charge in [-0.05, 0) is 40.4 Å². The number of hydrogen-bond donors (Lipinski definition) is 1. The van der Waals surface area contributed by atoms with Gasteiger partial charge < -0.3 is 15.0 Å². The first-order valence-corrected chi connectivity index (χ1v) is 9.75. The van der Waals surface area contributed by atoms with Crippen molar-refractivity contribution in [3.63, 3.8) is 0 Å². The van der Waals surface area contributed by atoms with E-state index in [4.69, 9.17) is 9.72 Å². The molecule has 3 aromatic rings. The molecule has 26 heavy (non-hydrogen) atoms. The summed E-state index contributed by atoms with van der Waals surface area (Å²) in [4.78, 5) is 17.2. The van der Waals surface area contributed by atoms with Crippen LogP contribution in [0.25, 0.3) is 20.4 Å². The number of aryl methyl sites for hydroxylation is 1. The Morgan fingerprint density at radius 2 is 2.08 bits per heavy atom. The maximum atomic E-state index is 6.02. The fourth-order valence-electron chi connectivity index (χ4n) is 3.49. The Hall–Kier alpha value is -1.83. The fourth-order valence-corrected chi connectivity index (χ4v) is 4.66. The summed E-state index contributed by atoms with van der Waals surface area (Å²) in [5.41, 5.74) is 4.46. The third-order valence-electron chi connectivity index (χ3n) is 4.89. The Labute approximate surface area is 157 Å². The lowest BCUT2D eigenvalue weighted by molar-refractivity contribution is -0.0400. The zero-order chi connectivity index (χ0) is 18.5.